The van der Waals surface area contributed by atoms with E-state index >= 15 is 0 Å². The van der Waals surface area contributed by atoms with Crippen molar-refractivity contribution in [3.05, 3.63) is 35.2 Å². The molecule has 0 radical (unpaired) electrons. The zero-order chi connectivity index (χ0) is 19.3. The molecule has 0 saturated carbocycles. The van der Waals surface area contributed by atoms with Crippen LogP contribution in [0.2, 0.25) is 0 Å². The van der Waals surface area contributed by atoms with Gasteiger partial charge in [0.05, 0.1) is 37.1 Å². The van der Waals surface area contributed by atoms with Crippen LogP contribution < -0.4 is 10.1 Å². The fourth-order valence-corrected chi connectivity index (χ4v) is 3.86. The van der Waals surface area contributed by atoms with E-state index in [9.17, 15) is 0 Å². The average molecular weight is 380 g/mol. The van der Waals surface area contributed by atoms with Crippen molar-refractivity contribution in [3.8, 4) is 5.75 Å². The minimum atomic E-state index is 0.243. The molecule has 0 bridgehead atoms. The lowest BCUT2D eigenvalue weighted by Crippen LogP contribution is -2.31. The second kappa shape index (κ2) is 6.72. The van der Waals surface area contributed by atoms with Crippen LogP contribution in [0.3, 0.4) is 0 Å². The normalized spacial score (nSPS) is 17.4. The van der Waals surface area contributed by atoms with Gasteiger partial charge in [-0.1, -0.05) is 0 Å². The maximum atomic E-state index is 5.62. The Morgan fingerprint density at radius 3 is 2.86 bits per heavy atom. The van der Waals surface area contributed by atoms with Crippen LogP contribution in [-0.2, 0) is 17.7 Å². The van der Waals surface area contributed by atoms with Crippen LogP contribution in [0.25, 0.3) is 11.0 Å². The predicted molar refractivity (Wildman–Crippen MR) is 106 cm³/mol. The monoisotopic (exact) mass is 380 g/mol. The lowest BCUT2D eigenvalue weighted by molar-refractivity contribution is -0.0270. The van der Waals surface area contributed by atoms with E-state index in [0.717, 1.165) is 47.7 Å². The molecule has 0 aliphatic carbocycles. The van der Waals surface area contributed by atoms with E-state index in [2.05, 4.69) is 39.5 Å². The maximum Gasteiger partial charge on any atom is 0.229 e. The van der Waals surface area contributed by atoms with Gasteiger partial charge in [-0.25, -0.2) is 9.67 Å². The molecule has 0 unspecified atom stereocenters. The Labute approximate surface area is 163 Å². The number of ether oxygens (including phenoxy) is 2. The lowest BCUT2D eigenvalue weighted by Gasteiger charge is -2.26. The van der Waals surface area contributed by atoms with Crippen LogP contribution in [0, 0.1) is 6.92 Å². The summed E-state index contributed by atoms with van der Waals surface area (Å²) in [5, 5.41) is 8.96. The van der Waals surface area contributed by atoms with Crippen molar-refractivity contribution in [1.82, 2.24) is 24.6 Å². The topological polar surface area (TPSA) is 77.3 Å². The highest BCUT2D eigenvalue weighted by Gasteiger charge is 2.25. The van der Waals surface area contributed by atoms with Crippen molar-refractivity contribution in [1.29, 1.82) is 0 Å². The van der Waals surface area contributed by atoms with Crippen LogP contribution in [0.15, 0.2) is 18.3 Å². The Morgan fingerprint density at radius 2 is 2.11 bits per heavy atom. The van der Waals surface area contributed by atoms with Gasteiger partial charge in [-0.3, -0.25) is 0 Å². The number of methoxy groups -OCH3 is 1. The van der Waals surface area contributed by atoms with E-state index in [4.69, 9.17) is 14.5 Å². The van der Waals surface area contributed by atoms with E-state index < -0.39 is 0 Å². The molecule has 1 aromatic carbocycles. The van der Waals surface area contributed by atoms with E-state index in [-0.39, 0.29) is 6.04 Å². The van der Waals surface area contributed by atoms with E-state index in [1.54, 1.807) is 7.11 Å². The van der Waals surface area contributed by atoms with Gasteiger partial charge in [-0.2, -0.15) is 10.1 Å². The number of fused-ring (bicyclic) bond motifs is 2. The molecule has 2 aliphatic heterocycles. The molecule has 1 fully saturated rings. The molecule has 2 aliphatic rings. The SMILES string of the molecule is COc1cc2c(cc1Nc1ncc3c(C)nn(C4COC4)c3n1)CN(C)CC2. The van der Waals surface area contributed by atoms with Crippen molar-refractivity contribution in [3.63, 3.8) is 0 Å². The Balaban J connectivity index is 1.52. The van der Waals surface area contributed by atoms with Crippen molar-refractivity contribution >= 4 is 22.7 Å². The quantitative estimate of drug-likeness (QED) is 0.745. The van der Waals surface area contributed by atoms with Crippen LogP contribution in [-0.4, -0.2) is 58.6 Å². The summed E-state index contributed by atoms with van der Waals surface area (Å²) in [5.41, 5.74) is 5.30. The largest absolute Gasteiger partial charge is 0.495 e. The zero-order valence-electron chi connectivity index (χ0n) is 16.4. The number of benzene rings is 1. The first-order valence-electron chi connectivity index (χ1n) is 9.57. The van der Waals surface area contributed by atoms with Gasteiger partial charge in [0.1, 0.15) is 11.8 Å². The average Bonchev–Trinajstić information content (AvgIpc) is 2.95. The summed E-state index contributed by atoms with van der Waals surface area (Å²) in [6, 6.07) is 4.52. The minimum absolute atomic E-state index is 0.243. The van der Waals surface area contributed by atoms with Crippen molar-refractivity contribution in [2.45, 2.75) is 25.9 Å². The van der Waals surface area contributed by atoms with Crippen LogP contribution in [0.5, 0.6) is 5.75 Å². The van der Waals surface area contributed by atoms with Crippen molar-refractivity contribution in [2.75, 3.05) is 39.2 Å². The molecule has 3 aromatic rings. The number of hydrogen-bond acceptors (Lipinski definition) is 7. The summed E-state index contributed by atoms with van der Waals surface area (Å²) in [7, 11) is 3.84. The third kappa shape index (κ3) is 2.89. The van der Waals surface area contributed by atoms with Crippen LogP contribution >= 0.6 is 0 Å². The van der Waals surface area contributed by atoms with Gasteiger partial charge in [0, 0.05) is 19.3 Å². The number of nitrogens with one attached hydrogen (secondary N) is 1. The number of likely N-dealkylation sites (N-methyl/N-ethyl adjacent to an activating group) is 1. The lowest BCUT2D eigenvalue weighted by atomic mass is 9.99. The minimum Gasteiger partial charge on any atom is -0.495 e. The van der Waals surface area contributed by atoms with Crippen LogP contribution in [0.1, 0.15) is 22.9 Å². The Morgan fingerprint density at radius 1 is 1.25 bits per heavy atom. The maximum absolute atomic E-state index is 5.62. The molecule has 0 atom stereocenters. The summed E-state index contributed by atoms with van der Waals surface area (Å²) in [6.07, 6.45) is 2.87. The number of anilines is 2. The van der Waals surface area contributed by atoms with E-state index in [1.807, 2.05) is 17.8 Å². The van der Waals surface area contributed by atoms with Crippen LogP contribution in [0.4, 0.5) is 11.6 Å². The van der Waals surface area contributed by atoms with Gasteiger partial charge in [0.15, 0.2) is 5.65 Å². The predicted octanol–water partition coefficient (Wildman–Crippen LogP) is 2.45. The number of nitrogens with zero attached hydrogens (tertiary/aromatic N) is 5. The molecule has 28 heavy (non-hydrogen) atoms. The molecular weight excluding hydrogens is 356 g/mol. The van der Waals surface area contributed by atoms with Gasteiger partial charge in [0.2, 0.25) is 5.95 Å². The molecule has 0 spiro atoms. The molecular formula is C20H24N6O2. The first-order valence-corrected chi connectivity index (χ1v) is 9.57. The molecule has 1 N–H and O–H groups in total. The summed E-state index contributed by atoms with van der Waals surface area (Å²) < 4.78 is 12.9. The van der Waals surface area contributed by atoms with Gasteiger partial charge >= 0.3 is 0 Å². The standard InChI is InChI=1S/C20H24N6O2/c1-12-16-8-21-20(23-19(16)26(24-12)15-10-28-11-15)22-17-6-14-9-25(2)5-4-13(14)7-18(17)27-3/h6-8,15H,4-5,9-11H2,1-3H3,(H,21,22,23). The fourth-order valence-electron chi connectivity index (χ4n) is 3.86. The summed E-state index contributed by atoms with van der Waals surface area (Å²) in [6.45, 7) is 5.33. The number of rotatable bonds is 4. The highest BCUT2D eigenvalue weighted by Crippen LogP contribution is 2.33. The first-order chi connectivity index (χ1) is 13.6. The summed E-state index contributed by atoms with van der Waals surface area (Å²) >= 11 is 0. The van der Waals surface area contributed by atoms with Gasteiger partial charge in [-0.15, -0.1) is 0 Å². The molecule has 8 heteroatoms. The summed E-state index contributed by atoms with van der Waals surface area (Å²) in [4.78, 5) is 11.6. The van der Waals surface area contributed by atoms with Crippen molar-refractivity contribution in [2.24, 2.45) is 0 Å². The van der Waals surface area contributed by atoms with Gasteiger partial charge in [0.25, 0.3) is 0 Å². The molecule has 5 rings (SSSR count). The second-order valence-corrected chi connectivity index (χ2v) is 7.59. The zero-order valence-corrected chi connectivity index (χ0v) is 16.4. The third-order valence-corrected chi connectivity index (χ3v) is 5.57. The number of hydrogen-bond donors (Lipinski definition) is 1. The van der Waals surface area contributed by atoms with E-state index in [0.29, 0.717) is 19.2 Å². The second-order valence-electron chi connectivity index (χ2n) is 7.59. The molecule has 0 amide bonds. The Bertz CT molecular complexity index is 1040. The molecule has 146 valence electrons. The van der Waals surface area contributed by atoms with Gasteiger partial charge < -0.3 is 19.7 Å². The van der Waals surface area contributed by atoms with Crippen molar-refractivity contribution < 1.29 is 9.47 Å². The Kier molecular flexibility index (Phi) is 4.17. The molecule has 1 saturated heterocycles. The smallest absolute Gasteiger partial charge is 0.229 e. The fraction of sp³-hybridized carbons (Fsp3) is 0.450. The number of aromatic nitrogens is 4. The number of aryl methyl sites for hydroxylation is 1. The Hall–Kier alpha value is -2.71. The highest BCUT2D eigenvalue weighted by atomic mass is 16.5. The van der Waals surface area contributed by atoms with Gasteiger partial charge in [-0.05, 0) is 43.7 Å². The first kappa shape index (κ1) is 17.4. The third-order valence-electron chi connectivity index (χ3n) is 5.57. The van der Waals surface area contributed by atoms with E-state index in [1.165, 1.54) is 11.1 Å². The molecule has 8 nitrogen and oxygen atoms in total. The molecule has 2 aromatic heterocycles. The summed E-state index contributed by atoms with van der Waals surface area (Å²) in [5.74, 6) is 1.35. The highest BCUT2D eigenvalue weighted by molar-refractivity contribution is 5.79. The molecule has 4 heterocycles.